The molecular weight excluding hydrogens is 278 g/mol. The highest BCUT2D eigenvalue weighted by Gasteiger charge is 2.32. The molecule has 1 heterocycles. The van der Waals surface area contributed by atoms with E-state index in [2.05, 4.69) is 16.6 Å². The fraction of sp³-hybridized carbons (Fsp3) is 0.600. The molecule has 1 aromatic rings. The van der Waals surface area contributed by atoms with Gasteiger partial charge < -0.3 is 15.2 Å². The van der Waals surface area contributed by atoms with E-state index in [-0.39, 0.29) is 11.2 Å². The molecule has 2 rings (SSSR count). The normalized spacial score (nSPS) is 22.8. The molecule has 1 aromatic carbocycles. The van der Waals surface area contributed by atoms with Gasteiger partial charge in [-0.2, -0.15) is 8.78 Å². The Morgan fingerprint density at radius 2 is 2.19 bits per heavy atom. The van der Waals surface area contributed by atoms with Crippen molar-refractivity contribution in [2.24, 2.45) is 11.1 Å². The van der Waals surface area contributed by atoms with E-state index in [1.165, 1.54) is 6.07 Å². The molecule has 0 saturated carbocycles. The summed E-state index contributed by atoms with van der Waals surface area (Å²) in [6, 6.07) is 4.89. The number of nitrogens with zero attached hydrogens (tertiary/aromatic N) is 1. The van der Waals surface area contributed by atoms with E-state index in [0.717, 1.165) is 19.5 Å². The van der Waals surface area contributed by atoms with Gasteiger partial charge in [0, 0.05) is 18.7 Å². The molecule has 21 heavy (non-hydrogen) atoms. The van der Waals surface area contributed by atoms with Crippen molar-refractivity contribution in [2.45, 2.75) is 26.5 Å². The minimum Gasteiger partial charge on any atom is -0.497 e. The van der Waals surface area contributed by atoms with Crippen molar-refractivity contribution in [3.63, 3.8) is 0 Å². The Kier molecular flexibility index (Phi) is 5.00. The molecule has 1 atom stereocenters. The van der Waals surface area contributed by atoms with Gasteiger partial charge in [-0.3, -0.25) is 4.90 Å². The molecule has 0 radical (unpaired) electrons. The lowest BCUT2D eigenvalue weighted by molar-refractivity contribution is -0.0507. The van der Waals surface area contributed by atoms with E-state index in [4.69, 9.17) is 10.5 Å². The van der Waals surface area contributed by atoms with Crippen LogP contribution >= 0.6 is 0 Å². The molecular formula is C15H22F2N2O2. The van der Waals surface area contributed by atoms with Gasteiger partial charge in [-0.1, -0.05) is 6.92 Å². The van der Waals surface area contributed by atoms with E-state index >= 15 is 0 Å². The number of nitrogens with two attached hydrogens (primary N) is 1. The fourth-order valence-electron chi connectivity index (χ4n) is 2.69. The molecule has 4 nitrogen and oxygen atoms in total. The van der Waals surface area contributed by atoms with Gasteiger partial charge >= 0.3 is 6.61 Å². The first-order chi connectivity index (χ1) is 9.95. The summed E-state index contributed by atoms with van der Waals surface area (Å²) in [6.45, 7) is 2.25. The largest absolute Gasteiger partial charge is 0.497 e. The van der Waals surface area contributed by atoms with E-state index in [9.17, 15) is 8.78 Å². The third kappa shape index (κ3) is 4.04. The number of methoxy groups -OCH3 is 1. The second-order valence-electron chi connectivity index (χ2n) is 5.83. The number of hydrogen-bond acceptors (Lipinski definition) is 4. The van der Waals surface area contributed by atoms with Crippen LogP contribution in [0.25, 0.3) is 0 Å². The van der Waals surface area contributed by atoms with Gasteiger partial charge in [0.25, 0.3) is 0 Å². The highest BCUT2D eigenvalue weighted by Crippen LogP contribution is 2.32. The Bertz CT molecular complexity index is 485. The van der Waals surface area contributed by atoms with Crippen LogP contribution in [0, 0.1) is 5.41 Å². The number of ether oxygens (including phenoxy) is 2. The Balaban J connectivity index is 2.14. The minimum atomic E-state index is -2.83. The lowest BCUT2D eigenvalue weighted by atomic mass is 9.90. The molecule has 1 fully saturated rings. The van der Waals surface area contributed by atoms with Crippen LogP contribution in [0.2, 0.25) is 0 Å². The molecule has 1 aliphatic rings. The second-order valence-corrected chi connectivity index (χ2v) is 5.83. The zero-order chi connectivity index (χ0) is 15.5. The van der Waals surface area contributed by atoms with E-state index in [1.54, 1.807) is 19.2 Å². The summed E-state index contributed by atoms with van der Waals surface area (Å²) in [5, 5.41) is 0. The summed E-state index contributed by atoms with van der Waals surface area (Å²) >= 11 is 0. The average molecular weight is 300 g/mol. The van der Waals surface area contributed by atoms with Gasteiger partial charge in [-0.25, -0.2) is 0 Å². The van der Waals surface area contributed by atoms with E-state index in [0.29, 0.717) is 24.4 Å². The van der Waals surface area contributed by atoms with Crippen LogP contribution < -0.4 is 15.2 Å². The van der Waals surface area contributed by atoms with Crippen LogP contribution in [-0.2, 0) is 6.54 Å². The van der Waals surface area contributed by atoms with Gasteiger partial charge in [0.05, 0.1) is 7.11 Å². The summed E-state index contributed by atoms with van der Waals surface area (Å²) in [5.41, 5.74) is 6.60. The Hall–Kier alpha value is -1.40. The van der Waals surface area contributed by atoms with Crippen LogP contribution in [0.15, 0.2) is 18.2 Å². The first-order valence-corrected chi connectivity index (χ1v) is 7.00. The first kappa shape index (κ1) is 16.0. The summed E-state index contributed by atoms with van der Waals surface area (Å²) in [4.78, 5) is 2.21. The van der Waals surface area contributed by atoms with Crippen LogP contribution in [0.3, 0.4) is 0 Å². The summed E-state index contributed by atoms with van der Waals surface area (Å²) < 4.78 is 34.7. The van der Waals surface area contributed by atoms with Gasteiger partial charge in [-0.05, 0) is 43.1 Å². The molecule has 0 aromatic heterocycles. The van der Waals surface area contributed by atoms with Crippen LogP contribution in [-0.4, -0.2) is 38.3 Å². The molecule has 2 N–H and O–H groups in total. The standard InChI is InChI=1S/C15H22F2N2O2/c1-15(9-18)5-6-19(10-15)8-11-7-12(20-2)3-4-13(11)21-14(16)17/h3-4,7,14H,5-6,8-10,18H2,1-2H3. The van der Waals surface area contributed by atoms with Crippen molar-refractivity contribution in [3.05, 3.63) is 23.8 Å². The van der Waals surface area contributed by atoms with Gasteiger partial charge in [0.1, 0.15) is 11.5 Å². The van der Waals surface area contributed by atoms with Crippen molar-refractivity contribution in [1.82, 2.24) is 4.90 Å². The Labute approximate surface area is 123 Å². The lowest BCUT2D eigenvalue weighted by Crippen LogP contribution is -2.31. The quantitative estimate of drug-likeness (QED) is 0.877. The van der Waals surface area contributed by atoms with Crippen molar-refractivity contribution in [1.29, 1.82) is 0 Å². The number of benzene rings is 1. The van der Waals surface area contributed by atoms with Gasteiger partial charge in [-0.15, -0.1) is 0 Å². The van der Waals surface area contributed by atoms with E-state index in [1.807, 2.05) is 0 Å². The maximum atomic E-state index is 12.5. The molecule has 118 valence electrons. The van der Waals surface area contributed by atoms with Gasteiger partial charge in [0.15, 0.2) is 0 Å². The predicted molar refractivity (Wildman–Crippen MR) is 76.7 cm³/mol. The number of halogens is 2. The summed E-state index contributed by atoms with van der Waals surface area (Å²) in [7, 11) is 1.55. The van der Waals surface area contributed by atoms with Gasteiger partial charge in [0.2, 0.25) is 0 Å². The minimum absolute atomic E-state index is 0.0998. The highest BCUT2D eigenvalue weighted by molar-refractivity contribution is 5.40. The van der Waals surface area contributed by atoms with Crippen molar-refractivity contribution >= 4 is 0 Å². The maximum Gasteiger partial charge on any atom is 0.387 e. The highest BCUT2D eigenvalue weighted by atomic mass is 19.3. The molecule has 0 bridgehead atoms. The lowest BCUT2D eigenvalue weighted by Gasteiger charge is -2.23. The molecule has 0 amide bonds. The smallest absolute Gasteiger partial charge is 0.387 e. The first-order valence-electron chi connectivity index (χ1n) is 7.00. The predicted octanol–water partition coefficient (Wildman–Crippen LogP) is 2.47. The van der Waals surface area contributed by atoms with Crippen LogP contribution in [0.1, 0.15) is 18.9 Å². The third-order valence-corrected chi connectivity index (χ3v) is 4.01. The zero-order valence-corrected chi connectivity index (χ0v) is 12.4. The van der Waals surface area contributed by atoms with Crippen LogP contribution in [0.4, 0.5) is 8.78 Å². The average Bonchev–Trinajstić information content (AvgIpc) is 2.82. The molecule has 0 spiro atoms. The molecule has 1 aliphatic heterocycles. The maximum absolute atomic E-state index is 12.5. The SMILES string of the molecule is COc1ccc(OC(F)F)c(CN2CCC(C)(CN)C2)c1. The monoisotopic (exact) mass is 300 g/mol. The number of likely N-dealkylation sites (tertiary alicyclic amines) is 1. The second kappa shape index (κ2) is 6.58. The number of rotatable bonds is 6. The summed E-state index contributed by atoms with van der Waals surface area (Å²) in [6.07, 6.45) is 1.01. The fourth-order valence-corrected chi connectivity index (χ4v) is 2.69. The number of alkyl halides is 2. The van der Waals surface area contributed by atoms with Crippen LogP contribution in [0.5, 0.6) is 11.5 Å². The Morgan fingerprint density at radius 3 is 2.76 bits per heavy atom. The topological polar surface area (TPSA) is 47.7 Å². The van der Waals surface area contributed by atoms with E-state index < -0.39 is 6.61 Å². The van der Waals surface area contributed by atoms with Crippen molar-refractivity contribution in [3.8, 4) is 11.5 Å². The third-order valence-electron chi connectivity index (χ3n) is 4.01. The molecule has 6 heteroatoms. The summed E-state index contributed by atoms with van der Waals surface area (Å²) in [5.74, 6) is 0.833. The number of hydrogen-bond donors (Lipinski definition) is 1. The zero-order valence-electron chi connectivity index (χ0n) is 12.4. The molecule has 1 saturated heterocycles. The Morgan fingerprint density at radius 1 is 1.43 bits per heavy atom. The molecule has 0 aliphatic carbocycles. The van der Waals surface area contributed by atoms with Crippen molar-refractivity contribution < 1.29 is 18.3 Å². The molecule has 1 unspecified atom stereocenters. The van der Waals surface area contributed by atoms with Crippen molar-refractivity contribution in [2.75, 3.05) is 26.7 Å².